The van der Waals surface area contributed by atoms with Crippen molar-refractivity contribution in [3.05, 3.63) is 34.9 Å². The molecule has 0 heterocycles. The van der Waals surface area contributed by atoms with Crippen LogP contribution in [0, 0.1) is 19.3 Å². The fourth-order valence-corrected chi connectivity index (χ4v) is 2.59. The number of nitrogens with two attached hydrogens (primary N) is 1. The number of nitrogens with one attached hydrogen (secondary N) is 1. The molecule has 3 N–H and O–H groups in total. The van der Waals surface area contributed by atoms with Crippen molar-refractivity contribution in [2.75, 3.05) is 13.1 Å². The van der Waals surface area contributed by atoms with Crippen LogP contribution in [0.25, 0.3) is 0 Å². The molecule has 1 aliphatic rings. The van der Waals surface area contributed by atoms with Crippen molar-refractivity contribution in [2.24, 2.45) is 11.1 Å². The number of rotatable bonds is 5. The van der Waals surface area contributed by atoms with E-state index < -0.39 is 0 Å². The minimum absolute atomic E-state index is 0.144. The van der Waals surface area contributed by atoms with E-state index in [-0.39, 0.29) is 11.3 Å². The van der Waals surface area contributed by atoms with Crippen molar-refractivity contribution in [2.45, 2.75) is 39.5 Å². The Morgan fingerprint density at radius 3 is 2.58 bits per heavy atom. The highest BCUT2D eigenvalue weighted by molar-refractivity contribution is 5.83. The molecule has 1 fully saturated rings. The van der Waals surface area contributed by atoms with Crippen LogP contribution in [0.15, 0.2) is 18.2 Å². The van der Waals surface area contributed by atoms with Gasteiger partial charge in [0.15, 0.2) is 0 Å². The molecule has 1 aromatic rings. The van der Waals surface area contributed by atoms with Gasteiger partial charge in [0.1, 0.15) is 0 Å². The van der Waals surface area contributed by atoms with Crippen LogP contribution in [0.1, 0.15) is 36.0 Å². The predicted octanol–water partition coefficient (Wildman–Crippen LogP) is 2.09. The summed E-state index contributed by atoms with van der Waals surface area (Å²) < 4.78 is 0. The van der Waals surface area contributed by atoms with Crippen molar-refractivity contribution in [1.82, 2.24) is 5.32 Å². The van der Waals surface area contributed by atoms with E-state index in [1.165, 1.54) is 16.7 Å². The van der Waals surface area contributed by atoms with Crippen molar-refractivity contribution in [3.63, 3.8) is 0 Å². The Balaban J connectivity index is 1.83. The topological polar surface area (TPSA) is 55.1 Å². The van der Waals surface area contributed by atoms with Crippen LogP contribution in [-0.4, -0.2) is 19.0 Å². The average Bonchev–Trinajstić information content (AvgIpc) is 2.33. The second-order valence-corrected chi connectivity index (χ2v) is 5.76. The van der Waals surface area contributed by atoms with Gasteiger partial charge in [0.05, 0.1) is 5.41 Å². The standard InChI is InChI=1S/C16H24N2O/c1-12-4-5-14(10-13(12)2)6-9-18-15(19)16(11-17)7-3-8-16/h4-5,10H,3,6-9,11,17H2,1-2H3,(H,18,19). The highest BCUT2D eigenvalue weighted by Crippen LogP contribution is 2.39. The minimum Gasteiger partial charge on any atom is -0.355 e. The van der Waals surface area contributed by atoms with E-state index in [0.29, 0.717) is 13.1 Å². The fourth-order valence-electron chi connectivity index (χ4n) is 2.59. The first-order valence-corrected chi connectivity index (χ1v) is 7.12. The third kappa shape index (κ3) is 2.98. The number of hydrogen-bond donors (Lipinski definition) is 2. The number of carbonyl (C=O) groups excluding carboxylic acids is 1. The molecule has 0 bridgehead atoms. The van der Waals surface area contributed by atoms with E-state index in [1.54, 1.807) is 0 Å². The molecular formula is C16H24N2O. The first-order valence-electron chi connectivity index (χ1n) is 7.12. The van der Waals surface area contributed by atoms with E-state index in [4.69, 9.17) is 5.73 Å². The molecule has 0 spiro atoms. The molecule has 2 rings (SSSR count). The van der Waals surface area contributed by atoms with Gasteiger partial charge in [0.2, 0.25) is 5.91 Å². The molecule has 0 atom stereocenters. The highest BCUT2D eigenvalue weighted by Gasteiger charge is 2.42. The smallest absolute Gasteiger partial charge is 0.227 e. The zero-order valence-corrected chi connectivity index (χ0v) is 12.0. The molecule has 104 valence electrons. The maximum absolute atomic E-state index is 12.1. The highest BCUT2D eigenvalue weighted by atomic mass is 16.2. The maximum atomic E-state index is 12.1. The Morgan fingerprint density at radius 1 is 1.32 bits per heavy atom. The van der Waals surface area contributed by atoms with Gasteiger partial charge in [0.25, 0.3) is 0 Å². The van der Waals surface area contributed by atoms with Gasteiger partial charge in [-0.15, -0.1) is 0 Å². The van der Waals surface area contributed by atoms with Crippen molar-refractivity contribution in [1.29, 1.82) is 0 Å². The molecule has 1 amide bonds. The van der Waals surface area contributed by atoms with Gasteiger partial charge in [-0.1, -0.05) is 24.6 Å². The van der Waals surface area contributed by atoms with Crippen LogP contribution in [0.3, 0.4) is 0 Å². The van der Waals surface area contributed by atoms with Crippen molar-refractivity contribution >= 4 is 5.91 Å². The molecule has 0 radical (unpaired) electrons. The molecule has 3 heteroatoms. The van der Waals surface area contributed by atoms with Crippen molar-refractivity contribution in [3.8, 4) is 0 Å². The molecule has 0 unspecified atom stereocenters. The molecule has 1 saturated carbocycles. The Kier molecular flexibility index (Phi) is 4.25. The lowest BCUT2D eigenvalue weighted by Crippen LogP contribution is -2.50. The second kappa shape index (κ2) is 5.74. The van der Waals surface area contributed by atoms with Gasteiger partial charge in [-0.3, -0.25) is 4.79 Å². The number of benzene rings is 1. The fraction of sp³-hybridized carbons (Fsp3) is 0.562. The van der Waals surface area contributed by atoms with E-state index in [1.807, 2.05) is 0 Å². The first kappa shape index (κ1) is 14.1. The lowest BCUT2D eigenvalue weighted by Gasteiger charge is -2.39. The summed E-state index contributed by atoms with van der Waals surface area (Å²) >= 11 is 0. The lowest BCUT2D eigenvalue weighted by atomic mass is 9.68. The monoisotopic (exact) mass is 260 g/mol. The molecule has 0 aromatic heterocycles. The van der Waals surface area contributed by atoms with Crippen LogP contribution in [-0.2, 0) is 11.2 Å². The molecule has 19 heavy (non-hydrogen) atoms. The molecule has 3 nitrogen and oxygen atoms in total. The Labute approximate surface area is 115 Å². The van der Waals surface area contributed by atoms with E-state index >= 15 is 0 Å². The van der Waals surface area contributed by atoms with E-state index in [2.05, 4.69) is 37.4 Å². The van der Waals surface area contributed by atoms with E-state index in [9.17, 15) is 4.79 Å². The zero-order chi connectivity index (χ0) is 13.9. The summed E-state index contributed by atoms with van der Waals surface area (Å²) in [7, 11) is 0. The third-order valence-electron chi connectivity index (χ3n) is 4.45. The Hall–Kier alpha value is -1.35. The number of amides is 1. The zero-order valence-electron chi connectivity index (χ0n) is 12.0. The molecule has 0 aliphatic heterocycles. The summed E-state index contributed by atoms with van der Waals surface area (Å²) in [6.07, 6.45) is 3.90. The summed E-state index contributed by atoms with van der Waals surface area (Å²) in [6, 6.07) is 6.47. The summed E-state index contributed by atoms with van der Waals surface area (Å²) in [5.74, 6) is 0.144. The van der Waals surface area contributed by atoms with Crippen molar-refractivity contribution < 1.29 is 4.79 Å². The maximum Gasteiger partial charge on any atom is 0.227 e. The largest absolute Gasteiger partial charge is 0.355 e. The quantitative estimate of drug-likeness (QED) is 0.851. The Bertz CT molecular complexity index is 458. The van der Waals surface area contributed by atoms with Gasteiger partial charge in [-0.2, -0.15) is 0 Å². The normalized spacial score (nSPS) is 16.8. The lowest BCUT2D eigenvalue weighted by molar-refractivity contribution is -0.135. The first-order chi connectivity index (χ1) is 9.07. The van der Waals surface area contributed by atoms with Gasteiger partial charge in [-0.25, -0.2) is 0 Å². The number of aryl methyl sites for hydroxylation is 2. The van der Waals surface area contributed by atoms with Gasteiger partial charge < -0.3 is 11.1 Å². The SMILES string of the molecule is Cc1ccc(CCNC(=O)C2(CN)CCC2)cc1C. The molecule has 0 saturated heterocycles. The van der Waals surface area contributed by atoms with Gasteiger partial charge in [-0.05, 0) is 49.8 Å². The predicted molar refractivity (Wildman–Crippen MR) is 78.0 cm³/mol. The van der Waals surface area contributed by atoms with E-state index in [0.717, 1.165) is 25.7 Å². The second-order valence-electron chi connectivity index (χ2n) is 5.76. The summed E-state index contributed by atoms with van der Waals surface area (Å²) in [4.78, 5) is 12.1. The minimum atomic E-state index is -0.261. The van der Waals surface area contributed by atoms with Crippen LogP contribution in [0.5, 0.6) is 0 Å². The number of hydrogen-bond acceptors (Lipinski definition) is 2. The van der Waals surface area contributed by atoms with Crippen LogP contribution < -0.4 is 11.1 Å². The summed E-state index contributed by atoms with van der Waals surface area (Å²) in [5, 5.41) is 3.04. The summed E-state index contributed by atoms with van der Waals surface area (Å²) in [6.45, 7) is 5.41. The van der Waals surface area contributed by atoms with Gasteiger partial charge in [0, 0.05) is 13.1 Å². The molecule has 1 aliphatic carbocycles. The number of carbonyl (C=O) groups is 1. The molecule has 1 aromatic carbocycles. The Morgan fingerprint density at radius 2 is 2.05 bits per heavy atom. The average molecular weight is 260 g/mol. The summed E-state index contributed by atoms with van der Waals surface area (Å²) in [5.41, 5.74) is 9.36. The van der Waals surface area contributed by atoms with Gasteiger partial charge >= 0.3 is 0 Å². The molecular weight excluding hydrogens is 236 g/mol. The van der Waals surface area contributed by atoms with Crippen LogP contribution in [0.4, 0.5) is 0 Å². The van der Waals surface area contributed by atoms with Crippen LogP contribution in [0.2, 0.25) is 0 Å². The third-order valence-corrected chi connectivity index (χ3v) is 4.45. The van der Waals surface area contributed by atoms with Crippen LogP contribution >= 0.6 is 0 Å².